The van der Waals surface area contributed by atoms with Crippen molar-refractivity contribution in [1.82, 2.24) is 20.0 Å². The van der Waals surface area contributed by atoms with E-state index >= 15 is 0 Å². The molecule has 0 spiro atoms. The predicted molar refractivity (Wildman–Crippen MR) is 112 cm³/mol. The van der Waals surface area contributed by atoms with Crippen molar-refractivity contribution in [3.8, 4) is 17.3 Å². The normalized spacial score (nSPS) is 20.4. The van der Waals surface area contributed by atoms with Gasteiger partial charge in [-0.25, -0.2) is 0 Å². The first-order chi connectivity index (χ1) is 14.4. The van der Waals surface area contributed by atoms with E-state index in [4.69, 9.17) is 0 Å². The third kappa shape index (κ3) is 2.53. The molecular formula is C23H23N5O2. The molecule has 30 heavy (non-hydrogen) atoms. The Balaban J connectivity index is 2.03. The van der Waals surface area contributed by atoms with Crippen LogP contribution in [0.1, 0.15) is 40.0 Å². The number of nitrogens with one attached hydrogen (secondary N) is 1. The molecule has 1 unspecified atom stereocenters. The van der Waals surface area contributed by atoms with Gasteiger partial charge in [-0.15, -0.1) is 0 Å². The molecule has 1 aromatic heterocycles. The number of hydrogen-bond acceptors (Lipinski definition) is 5. The Hall–Kier alpha value is -3.66. The first kappa shape index (κ1) is 19.6. The Bertz CT molecular complexity index is 1160. The van der Waals surface area contributed by atoms with Gasteiger partial charge in [-0.2, -0.15) is 10.4 Å². The highest BCUT2D eigenvalue weighted by Crippen LogP contribution is 2.49. The van der Waals surface area contributed by atoms with Gasteiger partial charge >= 0.3 is 0 Å². The Morgan fingerprint density at radius 2 is 2.03 bits per heavy atom. The fraction of sp³-hybridized carbons (Fsp3) is 0.304. The van der Waals surface area contributed by atoms with Crippen molar-refractivity contribution < 1.29 is 9.59 Å². The molecule has 1 atom stereocenters. The minimum absolute atomic E-state index is 0.286. The molecule has 0 saturated carbocycles. The SMILES string of the molecule is Cc1ccc(-c2n[nH]c3c2C(C=O)(C2=CCCC=C2N(C)C)N(C)C3=O)c(C#N)c1. The number of likely N-dealkylation sites (N-methyl/N-ethyl adjacent to an activating group) is 2. The standard InChI is InChI=1S/C23H23N5O2/c1-14-9-10-16(15(11-14)12-24)20-19-21(26-25-20)22(30)28(4)23(19,13-29)17-7-5-6-8-18(17)27(2)3/h7-11,13H,5-6H2,1-4H3,(H,25,26). The summed E-state index contributed by atoms with van der Waals surface area (Å²) in [4.78, 5) is 29.4. The van der Waals surface area contributed by atoms with Crippen molar-refractivity contribution in [1.29, 1.82) is 5.26 Å². The van der Waals surface area contributed by atoms with Crippen molar-refractivity contribution in [2.24, 2.45) is 0 Å². The number of benzene rings is 1. The lowest BCUT2D eigenvalue weighted by atomic mass is 9.78. The number of fused-ring (bicyclic) bond motifs is 1. The number of nitrogens with zero attached hydrogens (tertiary/aromatic N) is 4. The number of nitriles is 1. The molecule has 1 aliphatic carbocycles. The molecule has 7 heteroatoms. The van der Waals surface area contributed by atoms with Crippen molar-refractivity contribution in [3.63, 3.8) is 0 Å². The van der Waals surface area contributed by atoms with Gasteiger partial charge in [0.2, 0.25) is 0 Å². The summed E-state index contributed by atoms with van der Waals surface area (Å²) in [6.45, 7) is 1.91. The van der Waals surface area contributed by atoms with Crippen molar-refractivity contribution in [3.05, 3.63) is 64.0 Å². The predicted octanol–water partition coefficient (Wildman–Crippen LogP) is 2.90. The maximum Gasteiger partial charge on any atom is 0.273 e. The van der Waals surface area contributed by atoms with E-state index in [2.05, 4.69) is 22.3 Å². The summed E-state index contributed by atoms with van der Waals surface area (Å²) in [5.74, 6) is -0.300. The van der Waals surface area contributed by atoms with E-state index in [-0.39, 0.29) is 11.6 Å². The van der Waals surface area contributed by atoms with E-state index in [1.54, 1.807) is 13.1 Å². The monoisotopic (exact) mass is 401 g/mol. The van der Waals surface area contributed by atoms with E-state index in [0.717, 1.165) is 36.0 Å². The smallest absolute Gasteiger partial charge is 0.273 e. The molecular weight excluding hydrogens is 378 g/mol. The van der Waals surface area contributed by atoms with E-state index in [0.29, 0.717) is 22.4 Å². The molecule has 1 amide bonds. The van der Waals surface area contributed by atoms with Gasteiger partial charge in [0.1, 0.15) is 11.4 Å². The maximum atomic E-state index is 13.1. The summed E-state index contributed by atoms with van der Waals surface area (Å²) in [5.41, 5.74) is 3.59. The fourth-order valence-electron chi connectivity index (χ4n) is 4.47. The summed E-state index contributed by atoms with van der Waals surface area (Å²) in [6, 6.07) is 7.71. The Morgan fingerprint density at radius 1 is 1.30 bits per heavy atom. The number of hydrogen-bond donors (Lipinski definition) is 1. The molecule has 7 nitrogen and oxygen atoms in total. The van der Waals surface area contributed by atoms with Gasteiger partial charge < -0.3 is 9.80 Å². The second kappa shape index (κ2) is 6.99. The first-order valence-corrected chi connectivity index (χ1v) is 9.79. The van der Waals surface area contributed by atoms with Gasteiger partial charge in [-0.3, -0.25) is 14.7 Å². The number of H-pyrrole nitrogens is 1. The summed E-state index contributed by atoms with van der Waals surface area (Å²) >= 11 is 0. The van der Waals surface area contributed by atoms with Crippen molar-refractivity contribution >= 4 is 12.2 Å². The van der Waals surface area contributed by atoms with E-state index in [9.17, 15) is 14.9 Å². The van der Waals surface area contributed by atoms with Crippen LogP contribution in [0.2, 0.25) is 0 Å². The van der Waals surface area contributed by atoms with Crippen LogP contribution in [0, 0.1) is 18.3 Å². The first-order valence-electron chi connectivity index (χ1n) is 9.79. The van der Waals surface area contributed by atoms with Crippen LogP contribution in [0.15, 0.2) is 41.6 Å². The highest BCUT2D eigenvalue weighted by atomic mass is 16.2. The van der Waals surface area contributed by atoms with Gasteiger partial charge in [0.15, 0.2) is 11.8 Å². The summed E-state index contributed by atoms with van der Waals surface area (Å²) in [7, 11) is 5.48. The zero-order valence-corrected chi connectivity index (χ0v) is 17.5. The second-order valence-electron chi connectivity index (χ2n) is 7.91. The molecule has 4 rings (SSSR count). The average molecular weight is 401 g/mol. The maximum absolute atomic E-state index is 13.1. The Labute approximate surface area is 175 Å². The number of carbonyl (C=O) groups is 2. The third-order valence-electron chi connectivity index (χ3n) is 5.94. The Kier molecular flexibility index (Phi) is 4.58. The molecule has 2 aromatic rings. The number of aromatic nitrogens is 2. The zero-order valence-electron chi connectivity index (χ0n) is 17.5. The van der Waals surface area contributed by atoms with Crippen LogP contribution in [0.25, 0.3) is 11.3 Å². The van der Waals surface area contributed by atoms with Crippen LogP contribution in [0.4, 0.5) is 0 Å². The topological polar surface area (TPSA) is 93.1 Å². The molecule has 0 fully saturated rings. The fourth-order valence-corrected chi connectivity index (χ4v) is 4.47. The van der Waals surface area contributed by atoms with Gasteiger partial charge in [0.05, 0.1) is 11.6 Å². The number of aryl methyl sites for hydroxylation is 1. The average Bonchev–Trinajstić information content (AvgIpc) is 3.27. The highest BCUT2D eigenvalue weighted by Gasteiger charge is 2.55. The largest absolute Gasteiger partial charge is 0.378 e. The summed E-state index contributed by atoms with van der Waals surface area (Å²) in [6.07, 6.45) is 6.58. The lowest BCUT2D eigenvalue weighted by Crippen LogP contribution is -2.46. The number of carbonyl (C=O) groups excluding carboxylic acids is 2. The van der Waals surface area contributed by atoms with E-state index in [1.165, 1.54) is 4.90 Å². The van der Waals surface area contributed by atoms with Crippen molar-refractivity contribution in [2.45, 2.75) is 25.3 Å². The third-order valence-corrected chi connectivity index (χ3v) is 5.94. The highest BCUT2D eigenvalue weighted by molar-refractivity contribution is 6.06. The molecule has 0 radical (unpaired) electrons. The van der Waals surface area contributed by atoms with Gasteiger partial charge in [-0.1, -0.05) is 24.3 Å². The number of rotatable bonds is 4. The zero-order chi connectivity index (χ0) is 21.6. The number of aromatic amines is 1. The minimum atomic E-state index is -1.32. The van der Waals surface area contributed by atoms with Gasteiger partial charge in [-0.05, 0) is 31.4 Å². The number of amides is 1. The van der Waals surface area contributed by atoms with Crippen LogP contribution in [-0.2, 0) is 10.3 Å². The second-order valence-corrected chi connectivity index (χ2v) is 7.91. The quantitative estimate of drug-likeness (QED) is 0.795. The number of aldehydes is 1. The van der Waals surface area contributed by atoms with E-state index in [1.807, 2.05) is 44.1 Å². The minimum Gasteiger partial charge on any atom is -0.378 e. The van der Waals surface area contributed by atoms with Gasteiger partial charge in [0, 0.05) is 43.5 Å². The van der Waals surface area contributed by atoms with Crippen LogP contribution in [0.3, 0.4) is 0 Å². The van der Waals surface area contributed by atoms with E-state index < -0.39 is 5.54 Å². The van der Waals surface area contributed by atoms with Crippen molar-refractivity contribution in [2.75, 3.05) is 21.1 Å². The molecule has 2 aliphatic rings. The number of allylic oxidation sites excluding steroid dienone is 2. The Morgan fingerprint density at radius 3 is 2.70 bits per heavy atom. The molecule has 0 saturated heterocycles. The molecule has 2 heterocycles. The van der Waals surface area contributed by atoms with Gasteiger partial charge in [0.25, 0.3) is 5.91 Å². The lowest BCUT2D eigenvalue weighted by Gasteiger charge is -2.38. The van der Waals surface area contributed by atoms with Crippen LogP contribution < -0.4 is 0 Å². The van der Waals surface area contributed by atoms with Crippen LogP contribution in [0.5, 0.6) is 0 Å². The van der Waals surface area contributed by atoms with Crippen LogP contribution in [-0.4, -0.2) is 53.3 Å². The molecule has 1 aliphatic heterocycles. The summed E-state index contributed by atoms with van der Waals surface area (Å²) < 4.78 is 0. The molecule has 0 bridgehead atoms. The lowest BCUT2D eigenvalue weighted by molar-refractivity contribution is -0.115. The molecule has 152 valence electrons. The summed E-state index contributed by atoms with van der Waals surface area (Å²) in [5, 5.41) is 16.9. The molecule has 1 aromatic carbocycles. The molecule has 1 N–H and O–H groups in total. The van der Waals surface area contributed by atoms with Crippen LogP contribution >= 0.6 is 0 Å².